The lowest BCUT2D eigenvalue weighted by molar-refractivity contribution is 0.0658. The molecule has 146 valence electrons. The topological polar surface area (TPSA) is 78.4 Å². The van der Waals surface area contributed by atoms with Gasteiger partial charge in [0.15, 0.2) is 11.7 Å². The van der Waals surface area contributed by atoms with Crippen LogP contribution >= 0.6 is 0 Å². The van der Waals surface area contributed by atoms with Crippen molar-refractivity contribution in [2.45, 2.75) is 6.42 Å². The highest BCUT2D eigenvalue weighted by Crippen LogP contribution is 2.10. The zero-order valence-corrected chi connectivity index (χ0v) is 15.9. The Labute approximate surface area is 163 Å². The highest BCUT2D eigenvalue weighted by Gasteiger charge is 2.25. The van der Waals surface area contributed by atoms with E-state index in [0.29, 0.717) is 18.8 Å². The summed E-state index contributed by atoms with van der Waals surface area (Å²) < 4.78 is 7.24. The number of aliphatic imine (C=N–C) groups is 1. The van der Waals surface area contributed by atoms with E-state index in [1.165, 1.54) is 6.26 Å². The van der Waals surface area contributed by atoms with Gasteiger partial charge in [-0.25, -0.2) is 4.98 Å². The summed E-state index contributed by atoms with van der Waals surface area (Å²) in [4.78, 5) is 25.4. The highest BCUT2D eigenvalue weighted by atomic mass is 16.3. The molecule has 3 aromatic heterocycles. The molecule has 8 heteroatoms. The number of aromatic nitrogens is 2. The second-order valence-corrected chi connectivity index (χ2v) is 6.68. The summed E-state index contributed by atoms with van der Waals surface area (Å²) in [7, 11) is 1.79. The van der Waals surface area contributed by atoms with E-state index < -0.39 is 0 Å². The summed E-state index contributed by atoms with van der Waals surface area (Å²) >= 11 is 0. The van der Waals surface area contributed by atoms with Gasteiger partial charge in [0.2, 0.25) is 0 Å². The first kappa shape index (κ1) is 18.1. The number of piperazine rings is 1. The monoisotopic (exact) mass is 380 g/mol. The SMILES string of the molecule is CN=C(NCCc1cn2ccccc2n1)N1CCN(C(=O)c2ccco2)CC1. The number of pyridine rings is 1. The molecule has 8 nitrogen and oxygen atoms in total. The van der Waals surface area contributed by atoms with Gasteiger partial charge in [0.05, 0.1) is 12.0 Å². The van der Waals surface area contributed by atoms with E-state index in [1.54, 1.807) is 19.2 Å². The zero-order chi connectivity index (χ0) is 19.3. The first-order valence-corrected chi connectivity index (χ1v) is 9.45. The third-order valence-electron chi connectivity index (χ3n) is 4.89. The molecule has 4 rings (SSSR count). The number of nitrogens with one attached hydrogen (secondary N) is 1. The van der Waals surface area contributed by atoms with Crippen molar-refractivity contribution in [2.75, 3.05) is 39.8 Å². The third-order valence-corrected chi connectivity index (χ3v) is 4.89. The van der Waals surface area contributed by atoms with Crippen molar-refractivity contribution in [3.63, 3.8) is 0 Å². The fraction of sp³-hybridized carbons (Fsp3) is 0.350. The minimum Gasteiger partial charge on any atom is -0.459 e. The van der Waals surface area contributed by atoms with Gasteiger partial charge in [0.1, 0.15) is 5.65 Å². The molecule has 0 unspecified atom stereocenters. The predicted octanol–water partition coefficient (Wildman–Crippen LogP) is 1.50. The van der Waals surface area contributed by atoms with E-state index in [9.17, 15) is 4.79 Å². The molecule has 4 heterocycles. The molecule has 0 saturated carbocycles. The Bertz CT molecular complexity index is 921. The summed E-state index contributed by atoms with van der Waals surface area (Å²) in [6, 6.07) is 9.42. The molecule has 1 amide bonds. The highest BCUT2D eigenvalue weighted by molar-refractivity contribution is 5.91. The summed E-state index contributed by atoms with van der Waals surface area (Å²) in [5, 5.41) is 3.41. The van der Waals surface area contributed by atoms with E-state index in [0.717, 1.165) is 43.4 Å². The molecule has 0 atom stereocenters. The molecular formula is C20H24N6O2. The van der Waals surface area contributed by atoms with Gasteiger partial charge in [-0.05, 0) is 24.3 Å². The molecule has 28 heavy (non-hydrogen) atoms. The van der Waals surface area contributed by atoms with Gasteiger partial charge < -0.3 is 23.9 Å². The van der Waals surface area contributed by atoms with E-state index in [-0.39, 0.29) is 5.91 Å². The molecule has 1 aliphatic rings. The maximum atomic E-state index is 12.4. The average molecular weight is 380 g/mol. The van der Waals surface area contributed by atoms with Crippen LogP contribution in [0.5, 0.6) is 0 Å². The van der Waals surface area contributed by atoms with E-state index in [1.807, 2.05) is 33.7 Å². The molecule has 0 aromatic carbocycles. The Morgan fingerprint density at radius 1 is 1.18 bits per heavy atom. The number of fused-ring (bicyclic) bond motifs is 1. The van der Waals surface area contributed by atoms with Crippen molar-refractivity contribution in [1.29, 1.82) is 0 Å². The number of hydrogen-bond donors (Lipinski definition) is 1. The first-order chi connectivity index (χ1) is 13.7. The normalized spacial score (nSPS) is 15.2. The average Bonchev–Trinajstić information content (AvgIpc) is 3.40. The number of carbonyl (C=O) groups excluding carboxylic acids is 1. The smallest absolute Gasteiger partial charge is 0.289 e. The van der Waals surface area contributed by atoms with Crippen molar-refractivity contribution in [2.24, 2.45) is 4.99 Å². The largest absolute Gasteiger partial charge is 0.459 e. The number of imidazole rings is 1. The van der Waals surface area contributed by atoms with Crippen LogP contribution in [0.15, 0.2) is 58.4 Å². The lowest BCUT2D eigenvalue weighted by atomic mass is 10.3. The Kier molecular flexibility index (Phi) is 5.27. The molecule has 3 aromatic rings. The van der Waals surface area contributed by atoms with Gasteiger partial charge in [-0.2, -0.15) is 0 Å². The second-order valence-electron chi connectivity index (χ2n) is 6.68. The number of furan rings is 1. The minimum atomic E-state index is -0.0561. The Morgan fingerprint density at radius 3 is 2.71 bits per heavy atom. The summed E-state index contributed by atoms with van der Waals surface area (Å²) in [5.74, 6) is 1.19. The zero-order valence-electron chi connectivity index (χ0n) is 15.9. The van der Waals surface area contributed by atoms with Gasteiger partial charge >= 0.3 is 0 Å². The fourth-order valence-corrected chi connectivity index (χ4v) is 3.42. The number of carbonyl (C=O) groups is 1. The molecule has 1 saturated heterocycles. The standard InChI is InChI=1S/C20H24N6O2/c1-21-20(22-8-7-16-15-26-9-3-2-6-18(26)23-16)25-12-10-24(11-13-25)19(27)17-5-4-14-28-17/h2-6,9,14-15H,7-8,10-13H2,1H3,(H,21,22). The van der Waals surface area contributed by atoms with Crippen molar-refractivity contribution in [1.82, 2.24) is 24.5 Å². The van der Waals surface area contributed by atoms with Crippen LogP contribution in [0, 0.1) is 0 Å². The van der Waals surface area contributed by atoms with Crippen LogP contribution in [0.25, 0.3) is 5.65 Å². The molecule has 1 N–H and O–H groups in total. The quantitative estimate of drug-likeness (QED) is 0.548. The first-order valence-electron chi connectivity index (χ1n) is 9.45. The van der Waals surface area contributed by atoms with E-state index >= 15 is 0 Å². The van der Waals surface area contributed by atoms with Crippen LogP contribution in [0.1, 0.15) is 16.2 Å². The Balaban J connectivity index is 1.27. The molecule has 0 bridgehead atoms. The second kappa shape index (κ2) is 8.16. The molecule has 0 radical (unpaired) electrons. The van der Waals surface area contributed by atoms with Crippen LogP contribution in [0.3, 0.4) is 0 Å². The molecular weight excluding hydrogens is 356 g/mol. The number of rotatable bonds is 4. The Morgan fingerprint density at radius 2 is 2.00 bits per heavy atom. The van der Waals surface area contributed by atoms with Gasteiger partial charge in [0.25, 0.3) is 5.91 Å². The van der Waals surface area contributed by atoms with Gasteiger partial charge in [-0.3, -0.25) is 9.79 Å². The minimum absolute atomic E-state index is 0.0561. The summed E-state index contributed by atoms with van der Waals surface area (Å²) in [6.07, 6.45) is 6.40. The van der Waals surface area contributed by atoms with Gasteiger partial charge in [-0.15, -0.1) is 0 Å². The van der Waals surface area contributed by atoms with Crippen LogP contribution < -0.4 is 5.32 Å². The molecule has 1 fully saturated rings. The maximum absolute atomic E-state index is 12.4. The van der Waals surface area contributed by atoms with Gasteiger partial charge in [-0.1, -0.05) is 6.07 Å². The van der Waals surface area contributed by atoms with Crippen molar-refractivity contribution in [3.05, 3.63) is 60.4 Å². The van der Waals surface area contributed by atoms with Crippen LogP contribution in [-0.4, -0.2) is 70.8 Å². The van der Waals surface area contributed by atoms with E-state index in [4.69, 9.17) is 4.42 Å². The van der Waals surface area contributed by atoms with Crippen molar-refractivity contribution >= 4 is 17.5 Å². The lowest BCUT2D eigenvalue weighted by Crippen LogP contribution is -2.54. The summed E-state index contributed by atoms with van der Waals surface area (Å²) in [6.45, 7) is 3.52. The van der Waals surface area contributed by atoms with Crippen molar-refractivity contribution in [3.8, 4) is 0 Å². The van der Waals surface area contributed by atoms with Crippen molar-refractivity contribution < 1.29 is 9.21 Å². The van der Waals surface area contributed by atoms with Crippen LogP contribution in [-0.2, 0) is 6.42 Å². The number of guanidine groups is 1. The molecule has 0 spiro atoms. The maximum Gasteiger partial charge on any atom is 0.289 e. The molecule has 1 aliphatic heterocycles. The molecule has 0 aliphatic carbocycles. The predicted molar refractivity (Wildman–Crippen MR) is 106 cm³/mol. The Hall–Kier alpha value is -3.29. The number of amides is 1. The van der Waals surface area contributed by atoms with Gasteiger partial charge in [0, 0.05) is 58.6 Å². The van der Waals surface area contributed by atoms with Crippen LogP contribution in [0.4, 0.5) is 0 Å². The number of hydrogen-bond acceptors (Lipinski definition) is 4. The third kappa shape index (κ3) is 3.85. The lowest BCUT2D eigenvalue weighted by Gasteiger charge is -2.36. The number of nitrogens with zero attached hydrogens (tertiary/aromatic N) is 5. The van der Waals surface area contributed by atoms with E-state index in [2.05, 4.69) is 26.4 Å². The van der Waals surface area contributed by atoms with Crippen LogP contribution in [0.2, 0.25) is 0 Å². The summed E-state index contributed by atoms with van der Waals surface area (Å²) in [5.41, 5.74) is 2.00. The fourth-order valence-electron chi connectivity index (χ4n) is 3.42.